The molecular formula is C15H24N2O2S. The molecule has 4 nitrogen and oxygen atoms in total. The van der Waals surface area contributed by atoms with Crippen LogP contribution in [-0.2, 0) is 24.1 Å². The third-order valence-corrected chi connectivity index (χ3v) is 5.51. The van der Waals surface area contributed by atoms with Gasteiger partial charge in [-0.1, -0.05) is 6.92 Å². The number of thiazole rings is 1. The molecule has 1 N–H and O–H groups in total. The number of aliphatic hydroxyl groups is 1. The number of fused-ring (bicyclic) bond motifs is 1. The van der Waals surface area contributed by atoms with Crippen molar-refractivity contribution in [2.45, 2.75) is 51.8 Å². The van der Waals surface area contributed by atoms with E-state index < -0.39 is 0 Å². The molecular weight excluding hydrogens is 272 g/mol. The molecule has 112 valence electrons. The molecule has 1 saturated heterocycles. The van der Waals surface area contributed by atoms with Crippen LogP contribution in [0.5, 0.6) is 0 Å². The third-order valence-electron chi connectivity index (χ3n) is 4.41. The minimum atomic E-state index is -0.0409. The predicted molar refractivity (Wildman–Crippen MR) is 80.0 cm³/mol. The SMILES string of the molecule is CC1CCc2nc(CN3CC(CO)OCC3C)sc2C1. The van der Waals surface area contributed by atoms with Crippen LogP contribution in [0.15, 0.2) is 0 Å². The molecule has 2 aliphatic rings. The molecule has 2 heterocycles. The number of aryl methyl sites for hydroxylation is 1. The second-order valence-electron chi connectivity index (χ2n) is 6.24. The van der Waals surface area contributed by atoms with Crippen molar-refractivity contribution >= 4 is 11.3 Å². The van der Waals surface area contributed by atoms with Gasteiger partial charge in [-0.25, -0.2) is 4.98 Å². The van der Waals surface area contributed by atoms with Crippen LogP contribution < -0.4 is 0 Å². The van der Waals surface area contributed by atoms with Crippen molar-refractivity contribution in [2.75, 3.05) is 19.8 Å². The highest BCUT2D eigenvalue weighted by Crippen LogP contribution is 2.30. The van der Waals surface area contributed by atoms with Gasteiger partial charge in [0.15, 0.2) is 0 Å². The van der Waals surface area contributed by atoms with Crippen molar-refractivity contribution in [1.82, 2.24) is 9.88 Å². The molecule has 3 unspecified atom stereocenters. The Hall–Kier alpha value is -0.490. The van der Waals surface area contributed by atoms with E-state index in [0.29, 0.717) is 12.6 Å². The van der Waals surface area contributed by atoms with Gasteiger partial charge in [0.25, 0.3) is 0 Å². The Balaban J connectivity index is 1.68. The van der Waals surface area contributed by atoms with Gasteiger partial charge in [-0.15, -0.1) is 11.3 Å². The number of morpholine rings is 1. The van der Waals surface area contributed by atoms with E-state index in [1.807, 2.05) is 11.3 Å². The normalized spacial score (nSPS) is 31.2. The monoisotopic (exact) mass is 296 g/mol. The Morgan fingerprint density at radius 3 is 3.10 bits per heavy atom. The van der Waals surface area contributed by atoms with Gasteiger partial charge in [-0.05, 0) is 32.1 Å². The average molecular weight is 296 g/mol. The second kappa shape index (κ2) is 6.10. The van der Waals surface area contributed by atoms with Crippen LogP contribution >= 0.6 is 11.3 Å². The smallest absolute Gasteiger partial charge is 0.107 e. The van der Waals surface area contributed by atoms with E-state index in [4.69, 9.17) is 9.72 Å². The standard InChI is InChI=1S/C15H24N2O2S/c1-10-3-4-13-14(5-10)20-15(16-13)7-17-6-12(8-18)19-9-11(17)2/h10-12,18H,3-9H2,1-2H3. The van der Waals surface area contributed by atoms with E-state index in [1.165, 1.54) is 28.4 Å². The Bertz CT molecular complexity index is 463. The molecule has 0 amide bonds. The molecule has 0 bridgehead atoms. The number of ether oxygens (including phenoxy) is 1. The van der Waals surface area contributed by atoms with E-state index in [-0.39, 0.29) is 12.7 Å². The maximum atomic E-state index is 9.26. The Morgan fingerprint density at radius 1 is 1.45 bits per heavy atom. The number of nitrogens with zero attached hydrogens (tertiary/aromatic N) is 2. The van der Waals surface area contributed by atoms with E-state index >= 15 is 0 Å². The lowest BCUT2D eigenvalue weighted by molar-refractivity contribution is -0.0805. The van der Waals surface area contributed by atoms with Crippen molar-refractivity contribution < 1.29 is 9.84 Å². The predicted octanol–water partition coefficient (Wildman–Crippen LogP) is 1.85. The lowest BCUT2D eigenvalue weighted by Crippen LogP contribution is -2.48. The fourth-order valence-corrected chi connectivity index (χ4v) is 4.34. The summed E-state index contributed by atoms with van der Waals surface area (Å²) in [6.07, 6.45) is 3.58. The molecule has 0 spiro atoms. The van der Waals surface area contributed by atoms with Gasteiger partial charge >= 0.3 is 0 Å². The Labute approximate surface area is 124 Å². The van der Waals surface area contributed by atoms with Gasteiger partial charge in [0.1, 0.15) is 5.01 Å². The van der Waals surface area contributed by atoms with Crippen molar-refractivity contribution in [2.24, 2.45) is 5.92 Å². The van der Waals surface area contributed by atoms with Crippen LogP contribution in [-0.4, -0.2) is 46.9 Å². The van der Waals surface area contributed by atoms with Crippen LogP contribution in [0, 0.1) is 5.92 Å². The molecule has 1 aliphatic heterocycles. The van der Waals surface area contributed by atoms with Crippen molar-refractivity contribution in [3.63, 3.8) is 0 Å². The van der Waals surface area contributed by atoms with Crippen LogP contribution in [0.25, 0.3) is 0 Å². The summed E-state index contributed by atoms with van der Waals surface area (Å²) in [5.41, 5.74) is 1.34. The number of aliphatic hydroxyl groups excluding tert-OH is 1. The highest BCUT2D eigenvalue weighted by Gasteiger charge is 2.27. The highest BCUT2D eigenvalue weighted by atomic mass is 32.1. The van der Waals surface area contributed by atoms with E-state index in [0.717, 1.165) is 25.4 Å². The molecule has 3 rings (SSSR count). The number of rotatable bonds is 3. The summed E-state index contributed by atoms with van der Waals surface area (Å²) in [5.74, 6) is 0.803. The largest absolute Gasteiger partial charge is 0.394 e. The van der Waals surface area contributed by atoms with Crippen LogP contribution in [0.3, 0.4) is 0 Å². The van der Waals surface area contributed by atoms with E-state index in [1.54, 1.807) is 0 Å². The molecule has 0 radical (unpaired) electrons. The summed E-state index contributed by atoms with van der Waals surface area (Å²) < 4.78 is 5.59. The zero-order chi connectivity index (χ0) is 14.1. The van der Waals surface area contributed by atoms with Crippen molar-refractivity contribution in [3.8, 4) is 0 Å². The lowest BCUT2D eigenvalue weighted by Gasteiger charge is -2.36. The molecule has 20 heavy (non-hydrogen) atoms. The highest BCUT2D eigenvalue weighted by molar-refractivity contribution is 7.11. The Kier molecular flexibility index (Phi) is 4.40. The van der Waals surface area contributed by atoms with Crippen molar-refractivity contribution in [1.29, 1.82) is 0 Å². The molecule has 1 aliphatic carbocycles. The summed E-state index contributed by atoms with van der Waals surface area (Å²) in [5, 5.41) is 10.5. The maximum absolute atomic E-state index is 9.26. The first kappa shape index (κ1) is 14.4. The zero-order valence-corrected chi connectivity index (χ0v) is 13.2. The fourth-order valence-electron chi connectivity index (χ4n) is 3.04. The minimum Gasteiger partial charge on any atom is -0.394 e. The van der Waals surface area contributed by atoms with E-state index in [9.17, 15) is 5.11 Å². The van der Waals surface area contributed by atoms with Crippen LogP contribution in [0.1, 0.15) is 35.8 Å². The minimum absolute atomic E-state index is 0.0409. The van der Waals surface area contributed by atoms with Gasteiger partial charge in [0.05, 0.1) is 31.6 Å². The van der Waals surface area contributed by atoms with Crippen molar-refractivity contribution in [3.05, 3.63) is 15.6 Å². The van der Waals surface area contributed by atoms with Gasteiger partial charge in [0, 0.05) is 17.5 Å². The Morgan fingerprint density at radius 2 is 2.30 bits per heavy atom. The van der Waals surface area contributed by atoms with Crippen LogP contribution in [0.2, 0.25) is 0 Å². The topological polar surface area (TPSA) is 45.6 Å². The molecule has 0 aromatic carbocycles. The molecule has 3 atom stereocenters. The number of hydrogen-bond acceptors (Lipinski definition) is 5. The molecule has 1 aromatic rings. The summed E-state index contributed by atoms with van der Waals surface area (Å²) in [4.78, 5) is 8.72. The second-order valence-corrected chi connectivity index (χ2v) is 7.41. The maximum Gasteiger partial charge on any atom is 0.107 e. The molecule has 5 heteroatoms. The summed E-state index contributed by atoms with van der Waals surface area (Å²) >= 11 is 1.89. The quantitative estimate of drug-likeness (QED) is 0.924. The first-order valence-electron chi connectivity index (χ1n) is 7.59. The first-order chi connectivity index (χ1) is 9.65. The van der Waals surface area contributed by atoms with Gasteiger partial charge in [0.2, 0.25) is 0 Å². The number of hydrogen-bond donors (Lipinski definition) is 1. The summed E-state index contributed by atoms with van der Waals surface area (Å²) in [7, 11) is 0. The fraction of sp³-hybridized carbons (Fsp3) is 0.800. The van der Waals surface area contributed by atoms with E-state index in [2.05, 4.69) is 18.7 Å². The van der Waals surface area contributed by atoms with Gasteiger partial charge in [-0.2, -0.15) is 0 Å². The molecule has 0 saturated carbocycles. The first-order valence-corrected chi connectivity index (χ1v) is 8.41. The van der Waals surface area contributed by atoms with Gasteiger partial charge < -0.3 is 9.84 Å². The average Bonchev–Trinajstić information content (AvgIpc) is 2.82. The van der Waals surface area contributed by atoms with Gasteiger partial charge in [-0.3, -0.25) is 4.90 Å². The third kappa shape index (κ3) is 3.06. The zero-order valence-electron chi connectivity index (χ0n) is 12.3. The summed E-state index contributed by atoms with van der Waals surface area (Å²) in [6.45, 7) is 7.02. The summed E-state index contributed by atoms with van der Waals surface area (Å²) in [6, 6.07) is 0.401. The molecule has 1 aromatic heterocycles. The van der Waals surface area contributed by atoms with Crippen LogP contribution in [0.4, 0.5) is 0 Å². The molecule has 1 fully saturated rings. The number of aromatic nitrogens is 1. The lowest BCUT2D eigenvalue weighted by atomic mass is 9.93.